The lowest BCUT2D eigenvalue weighted by molar-refractivity contribution is -0.438. The summed E-state index contributed by atoms with van der Waals surface area (Å²) in [4.78, 5) is 0. The first-order valence-corrected chi connectivity index (χ1v) is 13.0. The molecule has 0 unspecified atom stereocenters. The van der Waals surface area contributed by atoms with Crippen LogP contribution in [0.25, 0.3) is 6.08 Å². The molecule has 5 rings (SSSR count). The van der Waals surface area contributed by atoms with Crippen molar-refractivity contribution in [2.75, 3.05) is 18.0 Å². The van der Waals surface area contributed by atoms with Crippen molar-refractivity contribution < 1.29 is 4.58 Å². The molecule has 0 saturated carbocycles. The van der Waals surface area contributed by atoms with Crippen LogP contribution in [-0.2, 0) is 11.8 Å². The average Bonchev–Trinajstić information content (AvgIpc) is 3.03. The minimum absolute atomic E-state index is 0.000234. The number of benzene rings is 2. The van der Waals surface area contributed by atoms with Gasteiger partial charge in [-0.05, 0) is 91.7 Å². The van der Waals surface area contributed by atoms with E-state index < -0.39 is 0 Å². The highest BCUT2D eigenvalue weighted by atomic mass is 32.1. The molecule has 3 aliphatic rings. The highest BCUT2D eigenvalue weighted by Crippen LogP contribution is 2.42. The van der Waals surface area contributed by atoms with Gasteiger partial charge in [0.2, 0.25) is 5.69 Å². The second-order valence-corrected chi connectivity index (χ2v) is 10.6. The Morgan fingerprint density at radius 1 is 1.06 bits per heavy atom. The number of nitrogens with two attached hydrogens (primary N) is 1. The summed E-state index contributed by atoms with van der Waals surface area (Å²) in [7, 11) is 0. The van der Waals surface area contributed by atoms with Gasteiger partial charge in [0.15, 0.2) is 5.71 Å². The minimum atomic E-state index is 0.000234. The number of fused-ring (bicyclic) bond motifs is 3. The van der Waals surface area contributed by atoms with Crippen LogP contribution >= 0.6 is 12.6 Å². The van der Waals surface area contributed by atoms with Crippen molar-refractivity contribution in [2.45, 2.75) is 57.8 Å². The third-order valence-corrected chi connectivity index (χ3v) is 7.88. The summed E-state index contributed by atoms with van der Waals surface area (Å²) in [5.41, 5.74) is 18.4. The van der Waals surface area contributed by atoms with Gasteiger partial charge >= 0.3 is 0 Å². The fourth-order valence-corrected chi connectivity index (χ4v) is 6.01. The standard InChI is InChI=1S/C30H34N2S/c1-30(2)27-10-3-4-11-28(27)32(16-5-6-17-33)29(30)15-13-21-8-7-9-23-18-22-12-14-25(31)19-24(22)20-26(21)23/h3-4,10-15,18-19,31,33H,5-9,16-17,20H2,1-2H3/p+1. The topological polar surface area (TPSA) is 29.0 Å². The Balaban J connectivity index is 1.54. The van der Waals surface area contributed by atoms with Crippen LogP contribution in [0.1, 0.15) is 62.6 Å². The first kappa shape index (κ1) is 22.3. The number of rotatable bonds is 6. The van der Waals surface area contributed by atoms with E-state index in [9.17, 15) is 0 Å². The Labute approximate surface area is 204 Å². The molecule has 33 heavy (non-hydrogen) atoms. The van der Waals surface area contributed by atoms with Crippen molar-refractivity contribution >= 4 is 35.8 Å². The summed E-state index contributed by atoms with van der Waals surface area (Å²) >= 11 is 4.43. The predicted molar refractivity (Wildman–Crippen MR) is 145 cm³/mol. The molecule has 1 aliphatic heterocycles. The highest BCUT2D eigenvalue weighted by molar-refractivity contribution is 7.80. The van der Waals surface area contributed by atoms with Crippen molar-refractivity contribution in [3.63, 3.8) is 0 Å². The summed E-state index contributed by atoms with van der Waals surface area (Å²) in [5.74, 6) is 0.946. The minimum Gasteiger partial charge on any atom is -0.399 e. The Morgan fingerprint density at radius 2 is 1.91 bits per heavy atom. The summed E-state index contributed by atoms with van der Waals surface area (Å²) in [6.07, 6.45) is 14.1. The Bertz CT molecular complexity index is 1210. The molecule has 170 valence electrons. The van der Waals surface area contributed by atoms with Crippen LogP contribution in [0.2, 0.25) is 0 Å². The van der Waals surface area contributed by atoms with Crippen molar-refractivity contribution in [3.8, 4) is 0 Å². The molecule has 2 aromatic carbocycles. The lowest BCUT2D eigenvalue weighted by Gasteiger charge is -2.27. The van der Waals surface area contributed by atoms with E-state index in [1.807, 2.05) is 6.07 Å². The number of hydrogen-bond acceptors (Lipinski definition) is 2. The van der Waals surface area contributed by atoms with E-state index in [1.165, 1.54) is 57.7 Å². The molecule has 0 radical (unpaired) electrons. The Hall–Kier alpha value is -2.52. The van der Waals surface area contributed by atoms with Crippen LogP contribution in [0.3, 0.4) is 0 Å². The molecule has 3 heteroatoms. The lowest BCUT2D eigenvalue weighted by Crippen LogP contribution is -2.28. The van der Waals surface area contributed by atoms with Crippen LogP contribution in [0.15, 0.2) is 71.3 Å². The molecule has 2 nitrogen and oxygen atoms in total. The van der Waals surface area contributed by atoms with Gasteiger partial charge in [0, 0.05) is 29.8 Å². The zero-order valence-corrected chi connectivity index (χ0v) is 20.8. The van der Waals surface area contributed by atoms with E-state index in [0.717, 1.165) is 43.7 Å². The number of thiol groups is 1. The second-order valence-electron chi connectivity index (χ2n) is 10.1. The van der Waals surface area contributed by atoms with Gasteiger partial charge in [0.1, 0.15) is 6.54 Å². The number of para-hydroxylation sites is 1. The third kappa shape index (κ3) is 4.12. The summed E-state index contributed by atoms with van der Waals surface area (Å²) in [6, 6.07) is 15.3. The smallest absolute Gasteiger partial charge is 0.209 e. The van der Waals surface area contributed by atoms with E-state index in [0.29, 0.717) is 0 Å². The summed E-state index contributed by atoms with van der Waals surface area (Å²) in [6.45, 7) is 5.78. The van der Waals surface area contributed by atoms with Crippen LogP contribution in [0.4, 0.5) is 11.4 Å². The SMILES string of the molecule is CC1(C)C(/C=C/C2=C3Cc4cc(N)ccc4C=C3CCC2)=[N+](CCCCS)c2ccccc21. The molecule has 0 atom stereocenters. The average molecular weight is 456 g/mol. The molecule has 0 amide bonds. The van der Waals surface area contributed by atoms with Crippen LogP contribution in [0, 0.1) is 0 Å². The number of nitrogen functional groups attached to an aromatic ring is 1. The van der Waals surface area contributed by atoms with Gasteiger partial charge in [-0.25, -0.2) is 0 Å². The summed E-state index contributed by atoms with van der Waals surface area (Å²) < 4.78 is 2.55. The fraction of sp³-hybridized carbons (Fsp3) is 0.367. The maximum absolute atomic E-state index is 6.10. The van der Waals surface area contributed by atoms with Gasteiger partial charge in [0.25, 0.3) is 0 Å². The van der Waals surface area contributed by atoms with Crippen LogP contribution < -0.4 is 5.73 Å². The molecule has 2 N–H and O–H groups in total. The lowest BCUT2D eigenvalue weighted by atomic mass is 9.78. The van der Waals surface area contributed by atoms with Crippen molar-refractivity contribution in [2.24, 2.45) is 0 Å². The fourth-order valence-electron chi connectivity index (χ4n) is 5.79. The van der Waals surface area contributed by atoms with Gasteiger partial charge in [-0.15, -0.1) is 0 Å². The monoisotopic (exact) mass is 455 g/mol. The van der Waals surface area contributed by atoms with Crippen molar-refractivity contribution in [1.29, 1.82) is 0 Å². The van der Waals surface area contributed by atoms with Gasteiger partial charge in [0.05, 0.1) is 5.41 Å². The zero-order chi connectivity index (χ0) is 23.0. The van der Waals surface area contributed by atoms with Crippen molar-refractivity contribution in [3.05, 3.63) is 88.0 Å². The maximum Gasteiger partial charge on any atom is 0.209 e. The number of allylic oxidation sites excluding steroid dienone is 5. The van der Waals surface area contributed by atoms with Crippen LogP contribution in [-0.4, -0.2) is 22.6 Å². The van der Waals surface area contributed by atoms with Gasteiger partial charge in [-0.1, -0.05) is 36.4 Å². The summed E-state index contributed by atoms with van der Waals surface area (Å²) in [5, 5.41) is 0. The molecular weight excluding hydrogens is 420 g/mol. The Kier molecular flexibility index (Phi) is 6.09. The molecule has 0 bridgehead atoms. The highest BCUT2D eigenvalue weighted by Gasteiger charge is 2.43. The van der Waals surface area contributed by atoms with E-state index in [1.54, 1.807) is 0 Å². The Morgan fingerprint density at radius 3 is 2.76 bits per heavy atom. The normalized spacial score (nSPS) is 18.9. The largest absolute Gasteiger partial charge is 0.399 e. The maximum atomic E-state index is 6.10. The third-order valence-electron chi connectivity index (χ3n) is 7.56. The number of nitrogens with zero attached hydrogens (tertiary/aromatic N) is 1. The van der Waals surface area contributed by atoms with Gasteiger partial charge < -0.3 is 5.73 Å². The molecular formula is C30H35N2S+. The number of anilines is 1. The van der Waals surface area contributed by atoms with E-state index in [-0.39, 0.29) is 5.41 Å². The molecule has 2 aromatic rings. The first-order chi connectivity index (χ1) is 16.0. The molecule has 1 heterocycles. The van der Waals surface area contributed by atoms with E-state index >= 15 is 0 Å². The van der Waals surface area contributed by atoms with E-state index in [4.69, 9.17) is 5.73 Å². The number of unbranched alkanes of at least 4 members (excludes halogenated alkanes) is 1. The van der Waals surface area contributed by atoms with Gasteiger partial charge in [-0.3, -0.25) is 0 Å². The van der Waals surface area contributed by atoms with Crippen molar-refractivity contribution in [1.82, 2.24) is 0 Å². The molecule has 0 aromatic heterocycles. The molecule has 2 aliphatic carbocycles. The predicted octanol–water partition coefficient (Wildman–Crippen LogP) is 7.03. The zero-order valence-electron chi connectivity index (χ0n) is 19.9. The van der Waals surface area contributed by atoms with Crippen LogP contribution in [0.5, 0.6) is 0 Å². The number of hydrogen-bond donors (Lipinski definition) is 2. The van der Waals surface area contributed by atoms with E-state index in [2.05, 4.69) is 85.7 Å². The quantitative estimate of drug-likeness (QED) is 0.208. The van der Waals surface area contributed by atoms with Gasteiger partial charge in [-0.2, -0.15) is 17.2 Å². The second kappa shape index (κ2) is 9.02. The molecule has 0 fully saturated rings. The first-order valence-electron chi connectivity index (χ1n) is 12.3. The molecule has 0 spiro atoms. The molecule has 0 saturated heterocycles.